The highest BCUT2D eigenvalue weighted by Gasteiger charge is 2.32. The van der Waals surface area contributed by atoms with Gasteiger partial charge in [-0.3, -0.25) is 4.79 Å². The minimum absolute atomic E-state index is 0.0211. The highest BCUT2D eigenvalue weighted by molar-refractivity contribution is 6.09. The van der Waals surface area contributed by atoms with Crippen molar-refractivity contribution in [2.24, 2.45) is 5.41 Å². The van der Waals surface area contributed by atoms with E-state index in [9.17, 15) is 13.6 Å². The van der Waals surface area contributed by atoms with Crippen LogP contribution in [-0.2, 0) is 6.42 Å². The van der Waals surface area contributed by atoms with Crippen molar-refractivity contribution in [3.05, 3.63) is 75.3 Å². The first kappa shape index (κ1) is 18.2. The lowest BCUT2D eigenvalue weighted by atomic mass is 9.73. The molecule has 1 unspecified atom stereocenters. The number of halogens is 2. The lowest BCUT2D eigenvalue weighted by molar-refractivity contribution is 0.0914. The van der Waals surface area contributed by atoms with E-state index in [1.54, 1.807) is 0 Å². The first-order valence-electron chi connectivity index (χ1n) is 9.93. The van der Waals surface area contributed by atoms with Gasteiger partial charge >= 0.3 is 0 Å². The minimum atomic E-state index is -0.571. The topological polar surface area (TPSA) is 30.0 Å². The minimum Gasteiger partial charge on any atom is -0.294 e. The van der Waals surface area contributed by atoms with Gasteiger partial charge in [-0.2, -0.15) is 0 Å². The molecule has 0 amide bonds. The smallest absolute Gasteiger partial charge is 0.164 e. The molecule has 0 bridgehead atoms. The van der Waals surface area contributed by atoms with E-state index in [1.807, 2.05) is 30.4 Å². The van der Waals surface area contributed by atoms with Crippen LogP contribution in [0, 0.1) is 17.0 Å². The van der Waals surface area contributed by atoms with E-state index in [0.717, 1.165) is 45.1 Å². The van der Waals surface area contributed by atoms with Crippen molar-refractivity contribution in [3.63, 3.8) is 0 Å². The summed E-state index contributed by atoms with van der Waals surface area (Å²) in [5.74, 6) is -1.09. The van der Waals surface area contributed by atoms with Gasteiger partial charge in [0.15, 0.2) is 5.78 Å². The lowest BCUT2D eigenvalue weighted by Gasteiger charge is -2.30. The van der Waals surface area contributed by atoms with Crippen LogP contribution < -0.4 is 10.6 Å². The molecule has 1 atom stereocenters. The third kappa shape index (κ3) is 3.17. The van der Waals surface area contributed by atoms with Gasteiger partial charge in [-0.05, 0) is 58.9 Å². The first-order chi connectivity index (χ1) is 13.8. The fraction of sp³-hybridized carbons (Fsp3) is 0.280. The number of hydrogen-bond acceptors (Lipinski definition) is 2. The molecule has 0 radical (unpaired) electrons. The van der Waals surface area contributed by atoms with Crippen molar-refractivity contribution in [3.8, 4) is 0 Å². The van der Waals surface area contributed by atoms with E-state index in [2.05, 4.69) is 13.8 Å². The van der Waals surface area contributed by atoms with Crippen LogP contribution in [0.4, 0.5) is 8.78 Å². The van der Waals surface area contributed by atoms with Crippen molar-refractivity contribution >= 4 is 28.8 Å². The molecule has 0 fully saturated rings. The Morgan fingerprint density at radius 3 is 2.55 bits per heavy atom. The van der Waals surface area contributed by atoms with E-state index >= 15 is 0 Å². The van der Waals surface area contributed by atoms with E-state index in [1.165, 1.54) is 12.1 Å². The average molecular weight is 389 g/mol. The van der Waals surface area contributed by atoms with Gasteiger partial charge in [-0.1, -0.05) is 32.1 Å². The van der Waals surface area contributed by atoms with Gasteiger partial charge in [0.05, 0.1) is 10.9 Å². The lowest BCUT2D eigenvalue weighted by Crippen LogP contribution is -2.33. The molecular formula is C25H21F2NO. The van der Waals surface area contributed by atoms with Crippen LogP contribution in [0.25, 0.3) is 23.1 Å². The number of pyridine rings is 1. The summed E-state index contributed by atoms with van der Waals surface area (Å²) in [5.41, 5.74) is 3.26. The molecule has 3 aromatic rings. The van der Waals surface area contributed by atoms with Gasteiger partial charge in [0, 0.05) is 29.4 Å². The third-order valence-electron chi connectivity index (χ3n) is 6.00. The van der Waals surface area contributed by atoms with Crippen LogP contribution >= 0.6 is 0 Å². The van der Waals surface area contributed by atoms with Crippen molar-refractivity contribution in [1.82, 2.24) is 4.98 Å². The second kappa shape index (κ2) is 6.31. The molecule has 2 aliphatic carbocycles. The number of rotatable bonds is 1. The molecule has 0 saturated carbocycles. The first-order valence-corrected chi connectivity index (χ1v) is 9.93. The number of Topliss-reactive ketones (excluding diaryl/α,β-unsaturated/α-hetero) is 1. The Bertz CT molecular complexity index is 1290. The number of nitrogens with zero attached hydrogens (tertiary/aromatic N) is 1. The Morgan fingerprint density at radius 2 is 1.79 bits per heavy atom. The summed E-state index contributed by atoms with van der Waals surface area (Å²) in [6.45, 7) is 4.25. The number of carbonyl (C=O) groups is 1. The van der Waals surface area contributed by atoms with Crippen LogP contribution in [0.5, 0.6) is 0 Å². The Hall–Kier alpha value is -2.88. The normalized spacial score (nSPS) is 19.9. The summed E-state index contributed by atoms with van der Waals surface area (Å²) in [6.07, 6.45) is 6.07. The molecule has 146 valence electrons. The number of benzene rings is 2. The summed E-state index contributed by atoms with van der Waals surface area (Å²) < 4.78 is 27.3. The quantitative estimate of drug-likeness (QED) is 0.617. The zero-order valence-corrected chi connectivity index (χ0v) is 16.4. The van der Waals surface area contributed by atoms with Crippen molar-refractivity contribution in [2.45, 2.75) is 39.0 Å². The SMILES string of the molecule is CC1(C)CC(=O)c2c(ccc3nc4c(cc23)=CCC(c2cc(F)cc(F)c2)C=4)C1. The Labute approximate surface area is 167 Å². The van der Waals surface area contributed by atoms with E-state index in [0.29, 0.717) is 18.4 Å². The van der Waals surface area contributed by atoms with Crippen LogP contribution in [0.3, 0.4) is 0 Å². The second-order valence-corrected chi connectivity index (χ2v) is 8.99. The van der Waals surface area contributed by atoms with Crippen molar-refractivity contribution in [2.75, 3.05) is 0 Å². The van der Waals surface area contributed by atoms with E-state index in [4.69, 9.17) is 4.98 Å². The molecule has 1 heterocycles. The number of hydrogen-bond donors (Lipinski definition) is 0. The molecular weight excluding hydrogens is 368 g/mol. The third-order valence-corrected chi connectivity index (χ3v) is 6.00. The summed E-state index contributed by atoms with van der Waals surface area (Å²) in [5, 5.41) is 2.67. The zero-order chi connectivity index (χ0) is 20.3. The van der Waals surface area contributed by atoms with Crippen molar-refractivity contribution in [1.29, 1.82) is 0 Å². The Morgan fingerprint density at radius 1 is 1.03 bits per heavy atom. The van der Waals surface area contributed by atoms with E-state index in [-0.39, 0.29) is 17.1 Å². The number of carbonyl (C=O) groups excluding carboxylic acids is 1. The predicted octanol–water partition coefficient (Wildman–Crippen LogP) is 4.42. The molecule has 0 spiro atoms. The molecule has 4 heteroatoms. The van der Waals surface area contributed by atoms with Crippen LogP contribution in [0.1, 0.15) is 54.1 Å². The largest absolute Gasteiger partial charge is 0.294 e. The molecule has 0 N–H and O–H groups in total. The van der Waals surface area contributed by atoms with Gasteiger partial charge in [0.25, 0.3) is 0 Å². The summed E-state index contributed by atoms with van der Waals surface area (Å²) >= 11 is 0. The highest BCUT2D eigenvalue weighted by Crippen LogP contribution is 2.37. The van der Waals surface area contributed by atoms with Gasteiger partial charge in [0.2, 0.25) is 0 Å². The molecule has 0 saturated heterocycles. The fourth-order valence-electron chi connectivity index (χ4n) is 4.73. The maximum absolute atomic E-state index is 13.6. The van der Waals surface area contributed by atoms with Gasteiger partial charge in [-0.15, -0.1) is 0 Å². The van der Waals surface area contributed by atoms with Gasteiger partial charge in [0.1, 0.15) is 11.6 Å². The number of fused-ring (bicyclic) bond motifs is 4. The van der Waals surface area contributed by atoms with Crippen molar-refractivity contribution < 1.29 is 13.6 Å². The van der Waals surface area contributed by atoms with Crippen LogP contribution in [-0.4, -0.2) is 10.8 Å². The molecule has 0 aliphatic heterocycles. The maximum Gasteiger partial charge on any atom is 0.164 e. The summed E-state index contributed by atoms with van der Waals surface area (Å²) in [7, 11) is 0. The Kier molecular flexibility index (Phi) is 3.95. The standard InChI is InChI=1S/C25H21F2NO/c1-25(2)12-16-5-6-21-20(24(16)23(29)13-25)9-15-4-3-14(10-22(15)28-21)17-7-18(26)11-19(27)8-17/h4-11,14H,3,12-13H2,1-2H3. The zero-order valence-electron chi connectivity index (χ0n) is 16.4. The second-order valence-electron chi connectivity index (χ2n) is 8.99. The molecule has 2 aliphatic rings. The summed E-state index contributed by atoms with van der Waals surface area (Å²) in [4.78, 5) is 17.7. The van der Waals surface area contributed by atoms with Gasteiger partial charge < -0.3 is 0 Å². The number of aromatic nitrogens is 1. The summed E-state index contributed by atoms with van der Waals surface area (Å²) in [6, 6.07) is 9.68. The van der Waals surface area contributed by atoms with Crippen LogP contribution in [0.2, 0.25) is 0 Å². The fourth-order valence-corrected chi connectivity index (χ4v) is 4.73. The highest BCUT2D eigenvalue weighted by atomic mass is 19.1. The van der Waals surface area contributed by atoms with E-state index < -0.39 is 11.6 Å². The number of ketones is 1. The average Bonchev–Trinajstić information content (AvgIpc) is 2.63. The molecule has 2 aromatic carbocycles. The maximum atomic E-state index is 13.6. The molecule has 2 nitrogen and oxygen atoms in total. The molecule has 5 rings (SSSR count). The van der Waals surface area contributed by atoms with Crippen LogP contribution in [0.15, 0.2) is 36.4 Å². The predicted molar refractivity (Wildman–Crippen MR) is 110 cm³/mol. The Balaban J connectivity index is 1.66. The molecule has 1 aromatic heterocycles. The monoisotopic (exact) mass is 389 g/mol. The molecule has 29 heavy (non-hydrogen) atoms. The van der Waals surface area contributed by atoms with Gasteiger partial charge in [-0.25, -0.2) is 13.8 Å².